The number of carbonyl (C=O) groups is 2. The second-order valence-corrected chi connectivity index (χ2v) is 5.69. The second-order valence-electron chi connectivity index (χ2n) is 5.69. The SMILES string of the molecule is C.N#Cc1c(N)nc2c(c1N)Cc1cccc(OCC(=O)O)c1O2.O=C(O)C(F)(F)F. The van der Waals surface area contributed by atoms with Gasteiger partial charge in [0.25, 0.3) is 0 Å². The minimum Gasteiger partial charge on any atom is -0.479 e. The number of pyridine rings is 1. The van der Waals surface area contributed by atoms with Crippen LogP contribution in [0.5, 0.6) is 17.4 Å². The van der Waals surface area contributed by atoms with Gasteiger partial charge >= 0.3 is 18.1 Å². The summed E-state index contributed by atoms with van der Waals surface area (Å²) in [5, 5.41) is 24.9. The van der Waals surface area contributed by atoms with E-state index in [0.717, 1.165) is 5.56 Å². The number of aliphatic carboxylic acids is 2. The highest BCUT2D eigenvalue weighted by atomic mass is 19.4. The Labute approximate surface area is 173 Å². The maximum atomic E-state index is 10.7. The number of halogens is 3. The molecule has 0 aliphatic carbocycles. The lowest BCUT2D eigenvalue weighted by Gasteiger charge is -2.23. The summed E-state index contributed by atoms with van der Waals surface area (Å²) in [6.45, 7) is -0.488. The fourth-order valence-electron chi connectivity index (χ4n) is 2.37. The molecule has 1 aliphatic heterocycles. The van der Waals surface area contributed by atoms with Crippen molar-refractivity contribution in [1.29, 1.82) is 5.26 Å². The molecular weight excluding hydrogens is 425 g/mol. The van der Waals surface area contributed by atoms with Gasteiger partial charge in [0.15, 0.2) is 18.1 Å². The molecular formula is C18H17F3N4O6. The molecule has 0 saturated carbocycles. The summed E-state index contributed by atoms with van der Waals surface area (Å²) in [7, 11) is 0. The van der Waals surface area contributed by atoms with E-state index in [9.17, 15) is 18.0 Å². The zero-order chi connectivity index (χ0) is 22.6. The number of aromatic nitrogens is 1. The number of nitriles is 1. The van der Waals surface area contributed by atoms with Crippen LogP contribution in [0.4, 0.5) is 24.7 Å². The van der Waals surface area contributed by atoms with Crippen molar-refractivity contribution in [3.05, 3.63) is 34.9 Å². The zero-order valence-electron chi connectivity index (χ0n) is 14.9. The summed E-state index contributed by atoms with van der Waals surface area (Å²) in [6.07, 6.45) is -4.71. The largest absolute Gasteiger partial charge is 0.490 e. The Hall–Kier alpha value is -4.21. The molecule has 0 fully saturated rings. The molecule has 0 unspecified atom stereocenters. The van der Waals surface area contributed by atoms with E-state index in [0.29, 0.717) is 23.5 Å². The van der Waals surface area contributed by atoms with E-state index in [1.165, 1.54) is 0 Å². The van der Waals surface area contributed by atoms with E-state index in [4.69, 9.17) is 41.2 Å². The van der Waals surface area contributed by atoms with Crippen LogP contribution in [0.25, 0.3) is 0 Å². The number of hydrogen-bond donors (Lipinski definition) is 4. The van der Waals surface area contributed by atoms with Crippen molar-refractivity contribution in [3.8, 4) is 23.4 Å². The fourth-order valence-corrected chi connectivity index (χ4v) is 2.37. The number of nitrogens with two attached hydrogens (primary N) is 2. The van der Waals surface area contributed by atoms with Crippen LogP contribution in [-0.4, -0.2) is 39.9 Å². The minimum absolute atomic E-state index is 0. The molecule has 0 atom stereocenters. The van der Waals surface area contributed by atoms with Gasteiger partial charge in [-0.3, -0.25) is 0 Å². The molecule has 1 aliphatic rings. The summed E-state index contributed by atoms with van der Waals surface area (Å²) in [6, 6.07) is 7.04. The smallest absolute Gasteiger partial charge is 0.479 e. The van der Waals surface area contributed by atoms with Crippen LogP contribution in [-0.2, 0) is 16.0 Å². The number of rotatable bonds is 3. The van der Waals surface area contributed by atoms with Gasteiger partial charge in [0, 0.05) is 17.5 Å². The molecule has 31 heavy (non-hydrogen) atoms. The van der Waals surface area contributed by atoms with Crippen molar-refractivity contribution >= 4 is 23.4 Å². The highest BCUT2D eigenvalue weighted by molar-refractivity contribution is 5.73. The lowest BCUT2D eigenvalue weighted by molar-refractivity contribution is -0.192. The summed E-state index contributed by atoms with van der Waals surface area (Å²) in [5.41, 5.74) is 13.4. The number of carboxylic acids is 2. The average Bonchev–Trinajstić information content (AvgIpc) is 2.65. The summed E-state index contributed by atoms with van der Waals surface area (Å²) >= 11 is 0. The van der Waals surface area contributed by atoms with Crippen LogP contribution in [0, 0.1) is 11.3 Å². The van der Waals surface area contributed by atoms with Crippen LogP contribution >= 0.6 is 0 Å². The Morgan fingerprint density at radius 1 is 1.29 bits per heavy atom. The number of hydrogen-bond acceptors (Lipinski definition) is 8. The van der Waals surface area contributed by atoms with E-state index in [-0.39, 0.29) is 30.4 Å². The molecule has 2 aromatic rings. The predicted molar refractivity (Wildman–Crippen MR) is 101 cm³/mol. The van der Waals surface area contributed by atoms with Crippen LogP contribution < -0.4 is 20.9 Å². The first kappa shape index (κ1) is 24.8. The molecule has 3 rings (SSSR count). The van der Waals surface area contributed by atoms with Crippen LogP contribution in [0.15, 0.2) is 18.2 Å². The molecule has 0 radical (unpaired) electrons. The van der Waals surface area contributed by atoms with Crippen molar-refractivity contribution < 1.29 is 42.4 Å². The van der Waals surface area contributed by atoms with Gasteiger partial charge in [-0.2, -0.15) is 23.4 Å². The van der Waals surface area contributed by atoms with Gasteiger partial charge in [-0.1, -0.05) is 19.6 Å². The normalized spacial score (nSPS) is 11.2. The van der Waals surface area contributed by atoms with E-state index in [2.05, 4.69) is 4.98 Å². The standard InChI is InChI=1S/C15H12N4O4.C2HF3O2.CH4/c16-5-9-12(17)8-4-7-2-1-3-10(22-6-11(20)21)13(7)23-15(8)19-14(9)18;3-2(4,5)1(6)7;/h1-3H,4,6H2,(H,20,21)(H4,17,18,19);(H,6,7);1H4. The van der Waals surface area contributed by atoms with Crippen LogP contribution in [0.2, 0.25) is 0 Å². The van der Waals surface area contributed by atoms with Crippen molar-refractivity contribution in [2.75, 3.05) is 18.1 Å². The summed E-state index contributed by atoms with van der Waals surface area (Å²) in [5.74, 6) is -3.01. The van der Waals surface area contributed by atoms with Crippen molar-refractivity contribution in [1.82, 2.24) is 4.98 Å². The van der Waals surface area contributed by atoms with E-state index < -0.39 is 24.7 Å². The lowest BCUT2D eigenvalue weighted by atomic mass is 9.99. The number of benzene rings is 1. The molecule has 166 valence electrons. The molecule has 0 bridgehead atoms. The molecule has 0 saturated heterocycles. The highest BCUT2D eigenvalue weighted by Crippen LogP contribution is 2.44. The monoisotopic (exact) mass is 442 g/mol. The topological polar surface area (TPSA) is 182 Å². The lowest BCUT2D eigenvalue weighted by Crippen LogP contribution is -2.21. The van der Waals surface area contributed by atoms with Crippen LogP contribution in [0.1, 0.15) is 24.1 Å². The molecule has 1 aromatic heterocycles. The third-order valence-electron chi connectivity index (χ3n) is 3.66. The highest BCUT2D eigenvalue weighted by Gasteiger charge is 2.38. The predicted octanol–water partition coefficient (Wildman–Crippen LogP) is 2.55. The van der Waals surface area contributed by atoms with Gasteiger partial charge in [0.05, 0.1) is 5.69 Å². The van der Waals surface area contributed by atoms with Gasteiger partial charge in [0.2, 0.25) is 5.88 Å². The van der Waals surface area contributed by atoms with Gasteiger partial charge < -0.3 is 31.2 Å². The molecule has 13 heteroatoms. The quantitative estimate of drug-likeness (QED) is 0.470. The van der Waals surface area contributed by atoms with Crippen molar-refractivity contribution in [2.45, 2.75) is 20.0 Å². The van der Waals surface area contributed by atoms with Crippen molar-refractivity contribution in [2.24, 2.45) is 0 Å². The van der Waals surface area contributed by atoms with Gasteiger partial charge in [-0.25, -0.2) is 9.59 Å². The number of nitrogens with zero attached hydrogens (tertiary/aromatic N) is 2. The Bertz CT molecular complexity index is 1050. The number of ether oxygens (including phenoxy) is 2. The molecule has 1 aromatic carbocycles. The van der Waals surface area contributed by atoms with Crippen LogP contribution in [0.3, 0.4) is 0 Å². The number of nitrogen functional groups attached to an aromatic ring is 2. The number of anilines is 2. The van der Waals surface area contributed by atoms with Gasteiger partial charge in [-0.05, 0) is 6.07 Å². The summed E-state index contributed by atoms with van der Waals surface area (Å²) < 4.78 is 42.7. The average molecular weight is 442 g/mol. The Balaban J connectivity index is 0.000000523. The zero-order valence-corrected chi connectivity index (χ0v) is 14.9. The van der Waals surface area contributed by atoms with Gasteiger partial charge in [0.1, 0.15) is 17.5 Å². The molecule has 2 heterocycles. The molecule has 10 nitrogen and oxygen atoms in total. The Kier molecular flexibility index (Phi) is 7.63. The van der Waals surface area contributed by atoms with Gasteiger partial charge in [-0.15, -0.1) is 0 Å². The van der Waals surface area contributed by atoms with E-state index in [1.54, 1.807) is 18.2 Å². The first-order chi connectivity index (χ1) is 14.0. The van der Waals surface area contributed by atoms with E-state index >= 15 is 0 Å². The number of fused-ring (bicyclic) bond motifs is 2. The number of carboxylic acid groups (broad SMARTS) is 2. The Morgan fingerprint density at radius 2 is 1.90 bits per heavy atom. The van der Waals surface area contributed by atoms with Crippen molar-refractivity contribution in [3.63, 3.8) is 0 Å². The maximum Gasteiger partial charge on any atom is 0.490 e. The molecule has 0 amide bonds. The minimum atomic E-state index is -5.08. The molecule has 0 spiro atoms. The summed E-state index contributed by atoms with van der Waals surface area (Å²) in [4.78, 5) is 23.6. The fraction of sp³-hybridized carbons (Fsp3) is 0.222. The first-order valence-electron chi connectivity index (χ1n) is 7.88. The first-order valence-corrected chi connectivity index (χ1v) is 7.88. The van der Waals surface area contributed by atoms with E-state index in [1.807, 2.05) is 6.07 Å². The third kappa shape index (κ3) is 5.66. The second kappa shape index (κ2) is 9.53. The number of alkyl halides is 3. The molecule has 6 N–H and O–H groups in total. The Morgan fingerprint density at radius 3 is 2.42 bits per heavy atom. The third-order valence-corrected chi connectivity index (χ3v) is 3.66. The maximum absolute atomic E-state index is 10.7. The number of para-hydroxylation sites is 1.